The molecule has 3 rings (SSSR count). The Morgan fingerprint density at radius 3 is 2.34 bits per heavy atom. The van der Waals surface area contributed by atoms with Crippen LogP contribution in [0, 0.1) is 0 Å². The number of carbonyl (C=O) groups is 2. The van der Waals surface area contributed by atoms with Gasteiger partial charge < -0.3 is 20.5 Å². The monoisotopic (exact) mass is 396 g/mol. The number of amides is 2. The van der Waals surface area contributed by atoms with Gasteiger partial charge in [0.05, 0.1) is 11.6 Å². The van der Waals surface area contributed by atoms with E-state index >= 15 is 0 Å². The molecule has 1 aliphatic rings. The van der Waals surface area contributed by atoms with Crippen molar-refractivity contribution in [2.45, 2.75) is 50.9 Å². The quantitative estimate of drug-likeness (QED) is 0.778. The van der Waals surface area contributed by atoms with Crippen molar-refractivity contribution >= 4 is 12.0 Å². The van der Waals surface area contributed by atoms with E-state index in [2.05, 4.69) is 0 Å². The van der Waals surface area contributed by atoms with E-state index in [0.717, 1.165) is 11.1 Å². The largest absolute Gasteiger partial charge is 0.438 e. The van der Waals surface area contributed by atoms with Crippen molar-refractivity contribution in [3.8, 4) is 0 Å². The Bertz CT molecular complexity index is 874. The number of ether oxygens (including phenoxy) is 1. The fourth-order valence-electron chi connectivity index (χ4n) is 4.00. The van der Waals surface area contributed by atoms with Gasteiger partial charge in [-0.2, -0.15) is 0 Å². The molecular weight excluding hydrogens is 368 g/mol. The third-order valence-electron chi connectivity index (χ3n) is 5.44. The predicted octanol–water partition coefficient (Wildman–Crippen LogP) is 3.75. The summed E-state index contributed by atoms with van der Waals surface area (Å²) >= 11 is 0. The van der Waals surface area contributed by atoms with Gasteiger partial charge in [0, 0.05) is 24.9 Å². The molecule has 1 fully saturated rings. The highest BCUT2D eigenvalue weighted by Gasteiger charge is 2.46. The molecule has 29 heavy (non-hydrogen) atoms. The maximum absolute atomic E-state index is 13.0. The van der Waals surface area contributed by atoms with Gasteiger partial charge >= 0.3 is 6.09 Å². The van der Waals surface area contributed by atoms with E-state index in [1.807, 2.05) is 37.3 Å². The molecule has 0 aromatic heterocycles. The van der Waals surface area contributed by atoms with Gasteiger partial charge in [-0.05, 0) is 44.0 Å². The van der Waals surface area contributed by atoms with Crippen LogP contribution in [0.15, 0.2) is 54.6 Å². The highest BCUT2D eigenvalue weighted by molar-refractivity contribution is 5.92. The molecule has 2 amide bonds. The number of nitrogens with two attached hydrogens (primary N) is 1. The Balaban J connectivity index is 1.83. The summed E-state index contributed by atoms with van der Waals surface area (Å²) in [6.45, 7) is 5.86. The van der Waals surface area contributed by atoms with Crippen LogP contribution < -0.4 is 5.73 Å². The molecule has 0 radical (unpaired) electrons. The van der Waals surface area contributed by atoms with Crippen molar-refractivity contribution in [1.29, 1.82) is 0 Å². The number of nitrogens with zero attached hydrogens (tertiary/aromatic N) is 1. The first-order valence-corrected chi connectivity index (χ1v) is 9.79. The lowest BCUT2D eigenvalue weighted by atomic mass is 9.80. The first-order chi connectivity index (χ1) is 13.6. The van der Waals surface area contributed by atoms with Gasteiger partial charge in [0.1, 0.15) is 5.60 Å². The molecule has 6 nitrogen and oxygen atoms in total. The van der Waals surface area contributed by atoms with Gasteiger partial charge in [-0.15, -0.1) is 0 Å². The summed E-state index contributed by atoms with van der Waals surface area (Å²) in [6.07, 6.45) is 0.456. The normalized spacial score (nSPS) is 20.8. The van der Waals surface area contributed by atoms with E-state index in [1.54, 1.807) is 43.0 Å². The Hall–Kier alpha value is -2.86. The number of carbonyl (C=O) groups excluding carboxylic acids is 2. The summed E-state index contributed by atoms with van der Waals surface area (Å²) in [5, 5.41) is 10.5. The Morgan fingerprint density at radius 2 is 1.83 bits per heavy atom. The van der Waals surface area contributed by atoms with E-state index < -0.39 is 23.2 Å². The van der Waals surface area contributed by atoms with Crippen LogP contribution in [-0.2, 0) is 10.3 Å². The van der Waals surface area contributed by atoms with Gasteiger partial charge in [0.2, 0.25) is 5.91 Å². The summed E-state index contributed by atoms with van der Waals surface area (Å²) in [7, 11) is 0. The third-order valence-corrected chi connectivity index (χ3v) is 5.44. The Kier molecular flexibility index (Phi) is 5.66. The maximum Gasteiger partial charge on any atom is 0.411 e. The number of hydrogen-bond acceptors (Lipinski definition) is 4. The second-order valence-corrected chi connectivity index (χ2v) is 8.32. The molecule has 0 saturated carbocycles. The molecule has 1 saturated heterocycles. The SMILES string of the molecule is C[C@@H](c1ccc(C(N)=O)cc1)N1CCC(CC(C)(C)O)(c2ccccc2)OC1=O. The number of aliphatic hydroxyl groups is 1. The van der Waals surface area contributed by atoms with E-state index in [-0.39, 0.29) is 6.04 Å². The third kappa shape index (κ3) is 4.59. The lowest BCUT2D eigenvalue weighted by molar-refractivity contribution is -0.101. The van der Waals surface area contributed by atoms with Crippen molar-refractivity contribution in [2.24, 2.45) is 5.73 Å². The van der Waals surface area contributed by atoms with Crippen LogP contribution >= 0.6 is 0 Å². The molecular formula is C23H28N2O4. The summed E-state index contributed by atoms with van der Waals surface area (Å²) in [4.78, 5) is 26.0. The first kappa shape index (κ1) is 20.9. The smallest absolute Gasteiger partial charge is 0.411 e. The second kappa shape index (κ2) is 7.87. The number of benzene rings is 2. The van der Waals surface area contributed by atoms with Crippen LogP contribution in [0.25, 0.3) is 0 Å². The number of primary amides is 1. The van der Waals surface area contributed by atoms with E-state index in [1.165, 1.54) is 0 Å². The molecule has 154 valence electrons. The molecule has 6 heteroatoms. The standard InChI is InChI=1S/C23H28N2O4/c1-16(17-9-11-18(12-10-17)20(24)26)25-14-13-23(29-21(25)27,15-22(2,3)28)19-7-5-4-6-8-19/h4-12,16,28H,13-15H2,1-3H3,(H2,24,26)/t16-,23?/m0/s1. The van der Waals surface area contributed by atoms with Crippen molar-refractivity contribution in [1.82, 2.24) is 4.90 Å². The lowest BCUT2D eigenvalue weighted by Gasteiger charge is -2.45. The fourth-order valence-corrected chi connectivity index (χ4v) is 4.00. The minimum absolute atomic E-state index is 0.222. The molecule has 1 aliphatic heterocycles. The van der Waals surface area contributed by atoms with E-state index in [9.17, 15) is 14.7 Å². The van der Waals surface area contributed by atoms with Crippen molar-refractivity contribution < 1.29 is 19.4 Å². The molecule has 0 aliphatic carbocycles. The molecule has 3 N–H and O–H groups in total. The Labute approximate surface area is 171 Å². The average molecular weight is 396 g/mol. The van der Waals surface area contributed by atoms with Crippen LogP contribution in [0.5, 0.6) is 0 Å². The average Bonchev–Trinajstić information content (AvgIpc) is 2.67. The summed E-state index contributed by atoms with van der Waals surface area (Å²) in [5.41, 5.74) is 5.63. The zero-order valence-electron chi connectivity index (χ0n) is 17.1. The summed E-state index contributed by atoms with van der Waals surface area (Å²) < 4.78 is 6.01. The molecule has 1 unspecified atom stereocenters. The number of rotatable bonds is 6. The molecule has 0 bridgehead atoms. The van der Waals surface area contributed by atoms with Crippen LogP contribution in [0.3, 0.4) is 0 Å². The van der Waals surface area contributed by atoms with Crippen molar-refractivity contribution in [3.05, 3.63) is 71.3 Å². The topological polar surface area (TPSA) is 92.9 Å². The van der Waals surface area contributed by atoms with Gasteiger partial charge in [-0.3, -0.25) is 4.79 Å². The molecule has 1 heterocycles. The second-order valence-electron chi connectivity index (χ2n) is 8.32. The van der Waals surface area contributed by atoms with E-state index in [4.69, 9.17) is 10.5 Å². The highest BCUT2D eigenvalue weighted by Crippen LogP contribution is 2.42. The maximum atomic E-state index is 13.0. The minimum Gasteiger partial charge on any atom is -0.438 e. The van der Waals surface area contributed by atoms with Crippen LogP contribution in [0.4, 0.5) is 4.79 Å². The van der Waals surface area contributed by atoms with Gasteiger partial charge in [0.25, 0.3) is 0 Å². The minimum atomic E-state index is -0.992. The van der Waals surface area contributed by atoms with Crippen LogP contribution in [0.1, 0.15) is 61.1 Å². The predicted molar refractivity (Wildman–Crippen MR) is 110 cm³/mol. The lowest BCUT2D eigenvalue weighted by Crippen LogP contribution is -2.51. The molecule has 0 spiro atoms. The Morgan fingerprint density at radius 1 is 1.21 bits per heavy atom. The fraction of sp³-hybridized carbons (Fsp3) is 0.391. The summed E-state index contributed by atoms with van der Waals surface area (Å²) in [5.74, 6) is -0.485. The summed E-state index contributed by atoms with van der Waals surface area (Å²) in [6, 6.07) is 16.3. The zero-order chi connectivity index (χ0) is 21.2. The first-order valence-electron chi connectivity index (χ1n) is 9.79. The number of cyclic esters (lactones) is 1. The van der Waals surface area contributed by atoms with Crippen LogP contribution in [-0.4, -0.2) is 34.2 Å². The zero-order valence-corrected chi connectivity index (χ0v) is 17.1. The molecule has 2 aromatic carbocycles. The van der Waals surface area contributed by atoms with E-state index in [0.29, 0.717) is 24.9 Å². The molecule has 2 atom stereocenters. The highest BCUT2D eigenvalue weighted by atomic mass is 16.6. The van der Waals surface area contributed by atoms with Gasteiger partial charge in [-0.1, -0.05) is 42.5 Å². The van der Waals surface area contributed by atoms with Crippen LogP contribution in [0.2, 0.25) is 0 Å². The van der Waals surface area contributed by atoms with Gasteiger partial charge in [-0.25, -0.2) is 4.79 Å². The van der Waals surface area contributed by atoms with Crippen molar-refractivity contribution in [3.63, 3.8) is 0 Å². The van der Waals surface area contributed by atoms with Gasteiger partial charge in [0.15, 0.2) is 0 Å². The molecule has 2 aromatic rings. The number of hydrogen-bond donors (Lipinski definition) is 2. The van der Waals surface area contributed by atoms with Crippen molar-refractivity contribution in [2.75, 3.05) is 6.54 Å².